The van der Waals surface area contributed by atoms with Crippen molar-refractivity contribution < 1.29 is 18.7 Å². The van der Waals surface area contributed by atoms with Crippen LogP contribution in [0, 0.1) is 5.82 Å². The van der Waals surface area contributed by atoms with Gasteiger partial charge in [0.25, 0.3) is 11.1 Å². The molecule has 0 radical (unpaired) electrons. The van der Waals surface area contributed by atoms with E-state index < -0.39 is 5.82 Å². The monoisotopic (exact) mass is 322 g/mol. The highest BCUT2D eigenvalue weighted by atomic mass is 32.2. The molecule has 2 fully saturated rings. The van der Waals surface area contributed by atoms with Crippen LogP contribution in [0.15, 0.2) is 29.2 Å². The summed E-state index contributed by atoms with van der Waals surface area (Å²) in [6.07, 6.45) is 1.43. The predicted octanol–water partition coefficient (Wildman–Crippen LogP) is 2.15. The molecule has 2 aliphatic heterocycles. The molecule has 0 spiro atoms. The molecule has 0 bridgehead atoms. The van der Waals surface area contributed by atoms with Crippen molar-refractivity contribution in [2.24, 2.45) is 0 Å². The highest BCUT2D eigenvalue weighted by Gasteiger charge is 2.36. The summed E-state index contributed by atoms with van der Waals surface area (Å²) in [5, 5.41) is -0.320. The van der Waals surface area contributed by atoms with E-state index in [0.717, 1.165) is 11.8 Å². The highest BCUT2D eigenvalue weighted by Crippen LogP contribution is 2.32. The van der Waals surface area contributed by atoms with Crippen LogP contribution < -0.4 is 0 Å². The van der Waals surface area contributed by atoms with Crippen LogP contribution in [-0.4, -0.2) is 53.9 Å². The van der Waals surface area contributed by atoms with Gasteiger partial charge in [-0.05, 0) is 23.9 Å². The Kier molecular flexibility index (Phi) is 4.56. The smallest absolute Gasteiger partial charge is 0.294 e. The van der Waals surface area contributed by atoms with Crippen LogP contribution in [0.25, 0.3) is 6.08 Å². The summed E-state index contributed by atoms with van der Waals surface area (Å²) in [5.74, 6) is -0.785. The molecule has 116 valence electrons. The first-order chi connectivity index (χ1) is 10.6. The SMILES string of the molecule is O=C1S/C(=C/c2ccccc2F)C(=O)N1CN1CCOCC1. The van der Waals surface area contributed by atoms with Crippen molar-refractivity contribution in [3.63, 3.8) is 0 Å². The van der Waals surface area contributed by atoms with Gasteiger partial charge in [0.1, 0.15) is 5.82 Å². The van der Waals surface area contributed by atoms with Crippen LogP contribution in [0.2, 0.25) is 0 Å². The van der Waals surface area contributed by atoms with E-state index in [9.17, 15) is 14.0 Å². The molecule has 2 heterocycles. The molecule has 2 amide bonds. The molecule has 22 heavy (non-hydrogen) atoms. The van der Waals surface area contributed by atoms with E-state index in [2.05, 4.69) is 0 Å². The molecule has 0 unspecified atom stereocenters. The second kappa shape index (κ2) is 6.60. The molecule has 2 aliphatic rings. The Labute approximate surface area is 131 Å². The maximum atomic E-state index is 13.7. The van der Waals surface area contributed by atoms with Gasteiger partial charge in [0.05, 0.1) is 24.8 Å². The number of amides is 2. The quantitative estimate of drug-likeness (QED) is 0.798. The number of hydrogen-bond donors (Lipinski definition) is 0. The average molecular weight is 322 g/mol. The van der Waals surface area contributed by atoms with Crippen molar-refractivity contribution in [3.8, 4) is 0 Å². The van der Waals surface area contributed by atoms with Gasteiger partial charge >= 0.3 is 0 Å². The number of morpholine rings is 1. The van der Waals surface area contributed by atoms with E-state index in [-0.39, 0.29) is 22.7 Å². The van der Waals surface area contributed by atoms with Crippen LogP contribution in [-0.2, 0) is 9.53 Å². The van der Waals surface area contributed by atoms with Crippen molar-refractivity contribution in [2.45, 2.75) is 0 Å². The number of nitrogens with zero attached hydrogens (tertiary/aromatic N) is 2. The highest BCUT2D eigenvalue weighted by molar-refractivity contribution is 8.18. The number of imide groups is 1. The van der Waals surface area contributed by atoms with Crippen LogP contribution in [0.3, 0.4) is 0 Å². The van der Waals surface area contributed by atoms with E-state index >= 15 is 0 Å². The van der Waals surface area contributed by atoms with Gasteiger partial charge in [-0.25, -0.2) is 4.39 Å². The predicted molar refractivity (Wildman–Crippen MR) is 81.5 cm³/mol. The van der Waals surface area contributed by atoms with E-state index in [1.54, 1.807) is 18.2 Å². The molecular formula is C15H15FN2O3S. The lowest BCUT2D eigenvalue weighted by Gasteiger charge is -2.29. The maximum Gasteiger partial charge on any atom is 0.294 e. The number of halogens is 1. The van der Waals surface area contributed by atoms with Crippen molar-refractivity contribution in [2.75, 3.05) is 33.0 Å². The molecule has 0 aromatic heterocycles. The Balaban J connectivity index is 1.75. The second-order valence-electron chi connectivity index (χ2n) is 5.00. The fourth-order valence-electron chi connectivity index (χ4n) is 2.30. The third-order valence-electron chi connectivity index (χ3n) is 3.51. The first-order valence-corrected chi connectivity index (χ1v) is 7.77. The number of thioether (sulfide) groups is 1. The van der Waals surface area contributed by atoms with Gasteiger partial charge in [0.2, 0.25) is 0 Å². The molecule has 3 rings (SSSR count). The first-order valence-electron chi connectivity index (χ1n) is 6.95. The topological polar surface area (TPSA) is 49.9 Å². The standard InChI is InChI=1S/C15H15FN2O3S/c16-12-4-2-1-3-11(12)9-13-14(19)18(15(20)22-13)10-17-5-7-21-8-6-17/h1-4,9H,5-8,10H2/b13-9+. The zero-order valence-corrected chi connectivity index (χ0v) is 12.6. The van der Waals surface area contributed by atoms with E-state index in [0.29, 0.717) is 31.9 Å². The Hall–Kier alpha value is -1.70. The summed E-state index contributed by atoms with van der Waals surface area (Å²) in [5.41, 5.74) is 0.305. The summed E-state index contributed by atoms with van der Waals surface area (Å²) in [6.45, 7) is 2.83. The van der Waals surface area contributed by atoms with Crippen LogP contribution in [0.5, 0.6) is 0 Å². The van der Waals surface area contributed by atoms with Crippen molar-refractivity contribution in [1.82, 2.24) is 9.80 Å². The molecule has 2 saturated heterocycles. The average Bonchev–Trinajstić information content (AvgIpc) is 2.78. The molecule has 7 heteroatoms. The molecule has 0 aliphatic carbocycles. The summed E-state index contributed by atoms with van der Waals surface area (Å²) in [7, 11) is 0. The number of rotatable bonds is 3. The molecule has 1 aromatic carbocycles. The van der Waals surface area contributed by atoms with Crippen molar-refractivity contribution >= 4 is 29.0 Å². The minimum absolute atomic E-state index is 0.253. The summed E-state index contributed by atoms with van der Waals surface area (Å²) >= 11 is 0.848. The zero-order valence-electron chi connectivity index (χ0n) is 11.8. The van der Waals surface area contributed by atoms with E-state index in [1.807, 2.05) is 4.90 Å². The minimum atomic E-state index is -0.414. The van der Waals surface area contributed by atoms with E-state index in [1.165, 1.54) is 17.0 Å². The number of benzene rings is 1. The maximum absolute atomic E-state index is 13.7. The lowest BCUT2D eigenvalue weighted by Crippen LogP contribution is -2.45. The largest absolute Gasteiger partial charge is 0.379 e. The Morgan fingerprint density at radius 3 is 2.68 bits per heavy atom. The van der Waals surface area contributed by atoms with Gasteiger partial charge < -0.3 is 4.74 Å². The van der Waals surface area contributed by atoms with Crippen molar-refractivity contribution in [1.29, 1.82) is 0 Å². The number of ether oxygens (including phenoxy) is 1. The normalized spacial score (nSPS) is 21.9. The summed E-state index contributed by atoms with van der Waals surface area (Å²) in [4.78, 5) is 27.8. The van der Waals surface area contributed by atoms with Gasteiger partial charge in [-0.1, -0.05) is 18.2 Å². The molecule has 5 nitrogen and oxygen atoms in total. The minimum Gasteiger partial charge on any atom is -0.379 e. The van der Waals surface area contributed by atoms with Gasteiger partial charge in [0.15, 0.2) is 0 Å². The lowest BCUT2D eigenvalue weighted by molar-refractivity contribution is -0.125. The number of carbonyl (C=O) groups excluding carboxylic acids is 2. The van der Waals surface area contributed by atoms with Gasteiger partial charge in [-0.2, -0.15) is 0 Å². The zero-order chi connectivity index (χ0) is 15.5. The fourth-order valence-corrected chi connectivity index (χ4v) is 3.12. The lowest BCUT2D eigenvalue weighted by atomic mass is 10.2. The summed E-state index contributed by atoms with van der Waals surface area (Å²) in [6, 6.07) is 6.17. The molecular weight excluding hydrogens is 307 g/mol. The number of carbonyl (C=O) groups is 2. The van der Waals surface area contributed by atoms with Gasteiger partial charge in [0, 0.05) is 18.7 Å². The van der Waals surface area contributed by atoms with Crippen LogP contribution >= 0.6 is 11.8 Å². The molecule has 0 saturated carbocycles. The second-order valence-corrected chi connectivity index (χ2v) is 6.00. The fraction of sp³-hybridized carbons (Fsp3) is 0.333. The van der Waals surface area contributed by atoms with Crippen molar-refractivity contribution in [3.05, 3.63) is 40.6 Å². The Bertz CT molecular complexity index is 629. The van der Waals surface area contributed by atoms with Crippen LogP contribution in [0.4, 0.5) is 9.18 Å². The molecule has 0 atom stereocenters. The molecule has 0 N–H and O–H groups in total. The first kappa shape index (κ1) is 15.2. The van der Waals surface area contributed by atoms with E-state index in [4.69, 9.17) is 4.74 Å². The number of hydrogen-bond acceptors (Lipinski definition) is 5. The third-order valence-corrected chi connectivity index (χ3v) is 4.42. The van der Waals surface area contributed by atoms with Crippen LogP contribution in [0.1, 0.15) is 5.56 Å². The van der Waals surface area contributed by atoms with Gasteiger partial charge in [-0.3, -0.25) is 19.4 Å². The molecule has 1 aromatic rings. The summed E-state index contributed by atoms with van der Waals surface area (Å²) < 4.78 is 18.9. The third kappa shape index (κ3) is 3.21. The van der Waals surface area contributed by atoms with Gasteiger partial charge in [-0.15, -0.1) is 0 Å². The Morgan fingerprint density at radius 2 is 1.95 bits per heavy atom. The Morgan fingerprint density at radius 1 is 1.23 bits per heavy atom.